The van der Waals surface area contributed by atoms with Gasteiger partial charge in [0.05, 0.1) is 5.41 Å². The van der Waals surface area contributed by atoms with Crippen LogP contribution in [0.5, 0.6) is 0 Å². The van der Waals surface area contributed by atoms with E-state index in [-0.39, 0.29) is 23.7 Å². The zero-order valence-electron chi connectivity index (χ0n) is 15.4. The quantitative estimate of drug-likeness (QED) is 0.775. The standard InChI is InChI=1S/C21H30N2O.ClH/c1-16(2)18-5-7-19(8-6-18)21(11-3-4-12-21)20(24)23-15-17-9-13-22-14-10-17;/h5-9,16,22H,3-4,10-15H2,1-2H3,(H,23,24);1H. The van der Waals surface area contributed by atoms with Crippen molar-refractivity contribution < 1.29 is 4.79 Å². The predicted molar refractivity (Wildman–Crippen MR) is 107 cm³/mol. The second kappa shape index (κ2) is 8.86. The third-order valence-corrected chi connectivity index (χ3v) is 5.66. The van der Waals surface area contributed by atoms with Crippen molar-refractivity contribution in [2.75, 3.05) is 19.6 Å². The molecule has 2 aliphatic rings. The van der Waals surface area contributed by atoms with E-state index in [0.717, 1.165) is 45.2 Å². The number of hydrogen-bond acceptors (Lipinski definition) is 2. The van der Waals surface area contributed by atoms with Gasteiger partial charge in [-0.3, -0.25) is 4.79 Å². The molecule has 1 aromatic carbocycles. The van der Waals surface area contributed by atoms with Gasteiger partial charge in [0.25, 0.3) is 0 Å². The third-order valence-electron chi connectivity index (χ3n) is 5.66. The fourth-order valence-corrected chi connectivity index (χ4v) is 4.01. The van der Waals surface area contributed by atoms with Crippen molar-refractivity contribution in [1.82, 2.24) is 10.6 Å². The minimum absolute atomic E-state index is 0. The van der Waals surface area contributed by atoms with Crippen LogP contribution in [0.1, 0.15) is 63.0 Å². The molecule has 3 nitrogen and oxygen atoms in total. The number of carbonyl (C=O) groups is 1. The molecular weight excluding hydrogens is 332 g/mol. The van der Waals surface area contributed by atoms with Gasteiger partial charge in [-0.15, -0.1) is 12.4 Å². The summed E-state index contributed by atoms with van der Waals surface area (Å²) in [6, 6.07) is 8.76. The number of halogens is 1. The summed E-state index contributed by atoms with van der Waals surface area (Å²) in [7, 11) is 0. The number of amides is 1. The molecule has 0 saturated heterocycles. The van der Waals surface area contributed by atoms with E-state index in [4.69, 9.17) is 0 Å². The van der Waals surface area contributed by atoms with Crippen LogP contribution < -0.4 is 10.6 Å². The number of benzene rings is 1. The average molecular weight is 363 g/mol. The van der Waals surface area contributed by atoms with Crippen molar-refractivity contribution in [3.05, 3.63) is 47.0 Å². The first kappa shape index (κ1) is 20.0. The summed E-state index contributed by atoms with van der Waals surface area (Å²) in [5.41, 5.74) is 3.57. The highest BCUT2D eigenvalue weighted by Crippen LogP contribution is 2.41. The first-order valence-electron chi connectivity index (χ1n) is 9.39. The summed E-state index contributed by atoms with van der Waals surface area (Å²) in [6.07, 6.45) is 7.48. The number of rotatable bonds is 5. The lowest BCUT2D eigenvalue weighted by atomic mass is 9.77. The molecule has 138 valence electrons. The van der Waals surface area contributed by atoms with Gasteiger partial charge in [-0.2, -0.15) is 0 Å². The normalized spacial score (nSPS) is 19.2. The van der Waals surface area contributed by atoms with Gasteiger partial charge in [-0.05, 0) is 42.9 Å². The van der Waals surface area contributed by atoms with E-state index in [9.17, 15) is 4.79 Å². The number of hydrogen-bond donors (Lipinski definition) is 2. The van der Waals surface area contributed by atoms with Crippen LogP contribution in [-0.2, 0) is 10.2 Å². The monoisotopic (exact) mass is 362 g/mol. The number of nitrogens with one attached hydrogen (secondary N) is 2. The van der Waals surface area contributed by atoms with Gasteiger partial charge in [0.1, 0.15) is 0 Å². The zero-order valence-corrected chi connectivity index (χ0v) is 16.3. The summed E-state index contributed by atoms with van der Waals surface area (Å²) in [6.45, 7) is 7.06. The average Bonchev–Trinajstić information content (AvgIpc) is 3.12. The summed E-state index contributed by atoms with van der Waals surface area (Å²) in [5.74, 6) is 0.746. The largest absolute Gasteiger partial charge is 0.352 e. The second-order valence-corrected chi connectivity index (χ2v) is 7.57. The molecule has 1 heterocycles. The topological polar surface area (TPSA) is 41.1 Å². The highest BCUT2D eigenvalue weighted by atomic mass is 35.5. The summed E-state index contributed by atoms with van der Waals surface area (Å²) in [4.78, 5) is 13.1. The summed E-state index contributed by atoms with van der Waals surface area (Å²) < 4.78 is 0. The Bertz CT molecular complexity index is 601. The number of carbonyl (C=O) groups excluding carboxylic acids is 1. The van der Waals surface area contributed by atoms with E-state index < -0.39 is 0 Å². The summed E-state index contributed by atoms with van der Waals surface area (Å²) in [5, 5.41) is 6.55. The Hall–Kier alpha value is -1.32. The van der Waals surface area contributed by atoms with Gasteiger partial charge in [0.15, 0.2) is 0 Å². The molecule has 4 heteroatoms. The molecule has 25 heavy (non-hydrogen) atoms. The molecule has 0 aromatic heterocycles. The molecule has 0 spiro atoms. The van der Waals surface area contributed by atoms with Crippen LogP contribution in [0.2, 0.25) is 0 Å². The van der Waals surface area contributed by atoms with Crippen LogP contribution in [0.4, 0.5) is 0 Å². The van der Waals surface area contributed by atoms with Crippen LogP contribution >= 0.6 is 12.4 Å². The Kier molecular flexibility index (Phi) is 7.09. The van der Waals surface area contributed by atoms with E-state index in [0.29, 0.717) is 12.5 Å². The van der Waals surface area contributed by atoms with Crippen LogP contribution in [0.3, 0.4) is 0 Å². The molecule has 1 amide bonds. The highest BCUT2D eigenvalue weighted by molar-refractivity contribution is 5.88. The molecule has 0 unspecified atom stereocenters. The van der Waals surface area contributed by atoms with E-state index >= 15 is 0 Å². The molecule has 0 radical (unpaired) electrons. The summed E-state index contributed by atoms with van der Waals surface area (Å²) >= 11 is 0. The fourth-order valence-electron chi connectivity index (χ4n) is 4.01. The van der Waals surface area contributed by atoms with Crippen molar-refractivity contribution in [1.29, 1.82) is 0 Å². The SMILES string of the molecule is CC(C)c1ccc(C2(C(=O)NCC3=CCNCC3)CCCC2)cc1.Cl. The molecule has 1 saturated carbocycles. The molecule has 1 fully saturated rings. The maximum Gasteiger partial charge on any atom is 0.230 e. The van der Waals surface area contributed by atoms with Crippen molar-refractivity contribution in [3.63, 3.8) is 0 Å². The molecule has 1 aromatic rings. The highest BCUT2D eigenvalue weighted by Gasteiger charge is 2.42. The Morgan fingerprint density at radius 3 is 2.44 bits per heavy atom. The first-order chi connectivity index (χ1) is 11.6. The fraction of sp³-hybridized carbons (Fsp3) is 0.571. The Morgan fingerprint density at radius 1 is 1.20 bits per heavy atom. The van der Waals surface area contributed by atoms with Gasteiger partial charge < -0.3 is 10.6 Å². The van der Waals surface area contributed by atoms with Crippen molar-refractivity contribution >= 4 is 18.3 Å². The van der Waals surface area contributed by atoms with Crippen molar-refractivity contribution in [2.24, 2.45) is 0 Å². The molecule has 2 N–H and O–H groups in total. The molecular formula is C21H31ClN2O. The lowest BCUT2D eigenvalue weighted by Crippen LogP contribution is -2.43. The smallest absolute Gasteiger partial charge is 0.230 e. The molecule has 1 aliphatic heterocycles. The molecule has 0 bridgehead atoms. The molecule has 0 atom stereocenters. The third kappa shape index (κ3) is 4.45. The second-order valence-electron chi connectivity index (χ2n) is 7.57. The predicted octanol–water partition coefficient (Wildman–Crippen LogP) is 4.08. The van der Waals surface area contributed by atoms with Gasteiger partial charge >= 0.3 is 0 Å². The van der Waals surface area contributed by atoms with Gasteiger partial charge in [-0.25, -0.2) is 0 Å². The van der Waals surface area contributed by atoms with Crippen LogP contribution in [-0.4, -0.2) is 25.5 Å². The van der Waals surface area contributed by atoms with E-state index in [2.05, 4.69) is 54.8 Å². The molecule has 3 rings (SSSR count). The van der Waals surface area contributed by atoms with Crippen LogP contribution in [0, 0.1) is 0 Å². The van der Waals surface area contributed by atoms with Crippen LogP contribution in [0.25, 0.3) is 0 Å². The van der Waals surface area contributed by atoms with Gasteiger partial charge in [0.2, 0.25) is 5.91 Å². The van der Waals surface area contributed by atoms with Gasteiger partial charge in [-0.1, -0.05) is 62.6 Å². The minimum Gasteiger partial charge on any atom is -0.352 e. The Balaban J connectivity index is 0.00000225. The molecule has 1 aliphatic carbocycles. The van der Waals surface area contributed by atoms with Crippen molar-refractivity contribution in [3.8, 4) is 0 Å². The van der Waals surface area contributed by atoms with E-state index in [1.165, 1.54) is 16.7 Å². The maximum absolute atomic E-state index is 13.1. The van der Waals surface area contributed by atoms with Gasteiger partial charge in [0, 0.05) is 13.1 Å². The maximum atomic E-state index is 13.1. The Morgan fingerprint density at radius 2 is 1.88 bits per heavy atom. The Labute approximate surface area is 158 Å². The lowest BCUT2D eigenvalue weighted by molar-refractivity contribution is -0.126. The van der Waals surface area contributed by atoms with E-state index in [1.54, 1.807) is 0 Å². The first-order valence-corrected chi connectivity index (χ1v) is 9.39. The zero-order chi connectivity index (χ0) is 17.0. The lowest BCUT2D eigenvalue weighted by Gasteiger charge is -2.29. The van der Waals surface area contributed by atoms with E-state index in [1.807, 2.05) is 0 Å². The minimum atomic E-state index is -0.316. The van der Waals surface area contributed by atoms with Crippen molar-refractivity contribution in [2.45, 2.75) is 57.3 Å². The van der Waals surface area contributed by atoms with Crippen LogP contribution in [0.15, 0.2) is 35.9 Å².